The molecule has 0 spiro atoms. The maximum Gasteiger partial charge on any atom is 0.144 e. The van der Waals surface area contributed by atoms with E-state index in [4.69, 9.17) is 9.40 Å². The summed E-state index contributed by atoms with van der Waals surface area (Å²) < 4.78 is 6.55. The Hall–Kier alpha value is -4.50. The summed E-state index contributed by atoms with van der Waals surface area (Å²) in [6, 6.07) is 29.9. The van der Waals surface area contributed by atoms with E-state index in [2.05, 4.69) is 91.6 Å². The number of benzene rings is 4. The molecule has 0 radical (unpaired) electrons. The van der Waals surface area contributed by atoms with Gasteiger partial charge in [-0.25, -0.2) is 0 Å². The molecule has 3 heteroatoms. The van der Waals surface area contributed by atoms with Crippen molar-refractivity contribution < 1.29 is 4.42 Å². The van der Waals surface area contributed by atoms with Gasteiger partial charge in [0.25, 0.3) is 0 Å². The third kappa shape index (κ3) is 3.12. The summed E-state index contributed by atoms with van der Waals surface area (Å²) >= 11 is 0. The van der Waals surface area contributed by atoms with Gasteiger partial charge in [-0.1, -0.05) is 42.5 Å². The molecule has 0 aliphatic rings. The third-order valence-corrected chi connectivity index (χ3v) is 6.86. The predicted octanol–water partition coefficient (Wildman–Crippen LogP) is 8.63. The van der Waals surface area contributed by atoms with E-state index in [1.807, 2.05) is 24.5 Å². The van der Waals surface area contributed by atoms with Crippen molar-refractivity contribution in [1.29, 1.82) is 0 Å². The van der Waals surface area contributed by atoms with E-state index in [9.17, 15) is 0 Å². The highest BCUT2D eigenvalue weighted by Gasteiger charge is 2.18. The smallest absolute Gasteiger partial charge is 0.144 e. The summed E-state index contributed by atoms with van der Waals surface area (Å²) in [4.78, 5) is 9.39. The molecule has 0 amide bonds. The van der Waals surface area contributed by atoms with Crippen LogP contribution in [0.15, 0.2) is 102 Å². The van der Waals surface area contributed by atoms with Crippen LogP contribution in [0.4, 0.5) is 0 Å². The molecule has 3 aromatic heterocycles. The molecule has 4 aromatic carbocycles. The molecule has 0 unspecified atom stereocenters. The van der Waals surface area contributed by atoms with Crippen molar-refractivity contribution in [1.82, 2.24) is 9.97 Å². The molecule has 0 saturated heterocycles. The lowest BCUT2D eigenvalue weighted by atomic mass is 9.95. The van der Waals surface area contributed by atoms with Crippen molar-refractivity contribution in [2.75, 3.05) is 0 Å². The van der Waals surface area contributed by atoms with Crippen LogP contribution in [0.1, 0.15) is 11.1 Å². The van der Waals surface area contributed by atoms with Gasteiger partial charge in [-0.05, 0) is 89.0 Å². The molecular formula is C32H22N2O. The first-order chi connectivity index (χ1) is 17.2. The Balaban J connectivity index is 1.64. The molecule has 0 saturated carbocycles. The SMILES string of the molecule is Cc1ccnc(-c2cc(-c3cc(C)ccn3)c3oc4ccc5c6ccccc6ccc5c4c3c2)c1. The number of aryl methyl sites for hydroxylation is 2. The number of furan rings is 1. The van der Waals surface area contributed by atoms with Crippen LogP contribution < -0.4 is 0 Å². The highest BCUT2D eigenvalue weighted by molar-refractivity contribution is 6.25. The lowest BCUT2D eigenvalue weighted by Crippen LogP contribution is -1.89. The number of nitrogens with zero attached hydrogens (tertiary/aromatic N) is 2. The standard InChI is InChI=1S/C32H22N2O/c1-19-11-13-33-28(15-19)22-17-26(29-16-20(2)12-14-34-29)32-27(18-22)31-25-8-7-21-5-3-4-6-23(21)24(25)9-10-30(31)35-32/h3-18H,1-2H3. The number of fused-ring (bicyclic) bond motifs is 7. The minimum absolute atomic E-state index is 0.857. The van der Waals surface area contributed by atoms with E-state index in [0.717, 1.165) is 50.0 Å². The van der Waals surface area contributed by atoms with Gasteiger partial charge in [0.2, 0.25) is 0 Å². The van der Waals surface area contributed by atoms with Crippen molar-refractivity contribution in [2.24, 2.45) is 0 Å². The second kappa shape index (κ2) is 7.51. The molecule has 0 aliphatic carbocycles. The Labute approximate surface area is 202 Å². The summed E-state index contributed by atoms with van der Waals surface area (Å²) in [5.74, 6) is 0. The number of pyridine rings is 2. The van der Waals surface area contributed by atoms with Crippen LogP contribution in [0.5, 0.6) is 0 Å². The van der Waals surface area contributed by atoms with Gasteiger partial charge in [0.1, 0.15) is 11.2 Å². The minimum Gasteiger partial charge on any atom is -0.455 e. The average Bonchev–Trinajstić information content (AvgIpc) is 3.27. The van der Waals surface area contributed by atoms with E-state index in [1.165, 1.54) is 27.1 Å². The topological polar surface area (TPSA) is 38.9 Å². The van der Waals surface area contributed by atoms with Crippen molar-refractivity contribution in [3.05, 3.63) is 108 Å². The molecule has 0 atom stereocenters. The average molecular weight is 451 g/mol. The first kappa shape index (κ1) is 19.9. The lowest BCUT2D eigenvalue weighted by Gasteiger charge is -2.08. The second-order valence-corrected chi connectivity index (χ2v) is 9.26. The van der Waals surface area contributed by atoms with Gasteiger partial charge in [-0.15, -0.1) is 0 Å². The Kier molecular flexibility index (Phi) is 4.27. The third-order valence-electron chi connectivity index (χ3n) is 6.86. The van der Waals surface area contributed by atoms with Crippen LogP contribution in [0.3, 0.4) is 0 Å². The van der Waals surface area contributed by atoms with Crippen molar-refractivity contribution in [3.8, 4) is 22.5 Å². The van der Waals surface area contributed by atoms with E-state index in [0.29, 0.717) is 0 Å². The van der Waals surface area contributed by atoms with Gasteiger partial charge in [-0.3, -0.25) is 9.97 Å². The van der Waals surface area contributed by atoms with Crippen LogP contribution in [0.2, 0.25) is 0 Å². The van der Waals surface area contributed by atoms with E-state index < -0.39 is 0 Å². The normalized spacial score (nSPS) is 11.7. The fraction of sp³-hybridized carbons (Fsp3) is 0.0625. The number of hydrogen-bond acceptors (Lipinski definition) is 3. The Morgan fingerprint density at radius 3 is 2.17 bits per heavy atom. The number of hydrogen-bond donors (Lipinski definition) is 0. The van der Waals surface area contributed by atoms with Gasteiger partial charge >= 0.3 is 0 Å². The van der Waals surface area contributed by atoms with Crippen LogP contribution in [0, 0.1) is 13.8 Å². The summed E-state index contributed by atoms with van der Waals surface area (Å²) in [5.41, 5.74) is 7.96. The van der Waals surface area contributed by atoms with Crippen LogP contribution >= 0.6 is 0 Å². The molecule has 3 nitrogen and oxygen atoms in total. The van der Waals surface area contributed by atoms with Crippen molar-refractivity contribution in [2.45, 2.75) is 13.8 Å². The number of aromatic nitrogens is 2. The highest BCUT2D eigenvalue weighted by Crippen LogP contribution is 2.42. The summed E-state index contributed by atoms with van der Waals surface area (Å²) in [5, 5.41) is 7.12. The quantitative estimate of drug-likeness (QED) is 0.247. The second-order valence-electron chi connectivity index (χ2n) is 9.26. The first-order valence-corrected chi connectivity index (χ1v) is 11.8. The summed E-state index contributed by atoms with van der Waals surface area (Å²) in [6.45, 7) is 4.18. The van der Waals surface area contributed by atoms with Gasteiger partial charge in [0.15, 0.2) is 0 Å². The monoisotopic (exact) mass is 450 g/mol. The zero-order chi connectivity index (χ0) is 23.5. The van der Waals surface area contributed by atoms with E-state index >= 15 is 0 Å². The highest BCUT2D eigenvalue weighted by atomic mass is 16.3. The molecule has 3 heterocycles. The predicted molar refractivity (Wildman–Crippen MR) is 145 cm³/mol. The van der Waals surface area contributed by atoms with Crippen LogP contribution in [-0.4, -0.2) is 9.97 Å². The molecule has 35 heavy (non-hydrogen) atoms. The van der Waals surface area contributed by atoms with Gasteiger partial charge in [0.05, 0.1) is 11.4 Å². The maximum absolute atomic E-state index is 6.55. The summed E-state index contributed by atoms with van der Waals surface area (Å²) in [6.07, 6.45) is 3.73. The zero-order valence-electron chi connectivity index (χ0n) is 19.5. The lowest BCUT2D eigenvalue weighted by molar-refractivity contribution is 0.670. The largest absolute Gasteiger partial charge is 0.455 e. The van der Waals surface area contributed by atoms with Gasteiger partial charge < -0.3 is 4.42 Å². The van der Waals surface area contributed by atoms with Crippen LogP contribution in [-0.2, 0) is 0 Å². The van der Waals surface area contributed by atoms with E-state index in [1.54, 1.807) is 0 Å². The number of rotatable bonds is 2. The molecule has 166 valence electrons. The molecular weight excluding hydrogens is 428 g/mol. The fourth-order valence-electron chi connectivity index (χ4n) is 5.18. The van der Waals surface area contributed by atoms with Crippen molar-refractivity contribution in [3.63, 3.8) is 0 Å². The molecule has 7 rings (SSSR count). The van der Waals surface area contributed by atoms with Crippen molar-refractivity contribution >= 4 is 43.5 Å². The molecule has 0 aliphatic heterocycles. The fourth-order valence-corrected chi connectivity index (χ4v) is 5.18. The Bertz CT molecular complexity index is 1930. The molecule has 7 aromatic rings. The zero-order valence-corrected chi connectivity index (χ0v) is 19.5. The Morgan fingerprint density at radius 1 is 0.600 bits per heavy atom. The molecule has 0 fully saturated rings. The molecule has 0 N–H and O–H groups in total. The minimum atomic E-state index is 0.857. The van der Waals surface area contributed by atoms with Gasteiger partial charge in [0, 0.05) is 34.3 Å². The van der Waals surface area contributed by atoms with Gasteiger partial charge in [-0.2, -0.15) is 0 Å². The first-order valence-electron chi connectivity index (χ1n) is 11.8. The Morgan fingerprint density at radius 2 is 1.34 bits per heavy atom. The van der Waals surface area contributed by atoms with E-state index in [-0.39, 0.29) is 0 Å². The summed E-state index contributed by atoms with van der Waals surface area (Å²) in [7, 11) is 0. The van der Waals surface area contributed by atoms with Crippen LogP contribution in [0.25, 0.3) is 66.0 Å². The maximum atomic E-state index is 6.55. The molecule has 0 bridgehead atoms.